The summed E-state index contributed by atoms with van der Waals surface area (Å²) >= 11 is 0. The lowest BCUT2D eigenvalue weighted by atomic mass is 9.86. The summed E-state index contributed by atoms with van der Waals surface area (Å²) in [5.74, 6) is 0.314. The molecule has 1 aromatic heterocycles. The number of benzene rings is 6. The van der Waals surface area contributed by atoms with Gasteiger partial charge in [-0.1, -0.05) is 115 Å². The molecule has 0 bridgehead atoms. The van der Waals surface area contributed by atoms with Crippen LogP contribution in [0.3, 0.4) is 0 Å². The van der Waals surface area contributed by atoms with E-state index >= 15 is 0 Å². The minimum atomic E-state index is 0.314. The van der Waals surface area contributed by atoms with Crippen molar-refractivity contribution in [1.29, 1.82) is 0 Å². The first kappa shape index (κ1) is 24.9. The first-order chi connectivity index (χ1) is 21.8. The lowest BCUT2D eigenvalue weighted by Gasteiger charge is -2.27. The Morgan fingerprint density at radius 2 is 1.09 bits per heavy atom. The summed E-state index contributed by atoms with van der Waals surface area (Å²) in [7, 11) is 0. The summed E-state index contributed by atoms with van der Waals surface area (Å²) in [6.45, 7) is 0. The van der Waals surface area contributed by atoms with Gasteiger partial charge in [-0.25, -0.2) is 0 Å². The predicted octanol–water partition coefficient (Wildman–Crippen LogP) is 10.8. The molecular formula is C42H30N2. The second-order valence-electron chi connectivity index (χ2n) is 11.8. The van der Waals surface area contributed by atoms with E-state index in [4.69, 9.17) is 0 Å². The molecule has 44 heavy (non-hydrogen) atoms. The monoisotopic (exact) mass is 562 g/mol. The molecule has 0 fully saturated rings. The van der Waals surface area contributed by atoms with Gasteiger partial charge in [0.15, 0.2) is 0 Å². The van der Waals surface area contributed by atoms with Crippen LogP contribution in [-0.4, -0.2) is 4.57 Å². The van der Waals surface area contributed by atoms with E-state index in [0.29, 0.717) is 5.92 Å². The van der Waals surface area contributed by atoms with E-state index < -0.39 is 0 Å². The third-order valence-corrected chi connectivity index (χ3v) is 9.29. The highest BCUT2D eigenvalue weighted by atomic mass is 15.2. The molecule has 0 saturated carbocycles. The molecule has 1 unspecified atom stereocenters. The second kappa shape index (κ2) is 10.00. The molecule has 0 spiro atoms. The molecule has 0 amide bonds. The van der Waals surface area contributed by atoms with Gasteiger partial charge in [0.05, 0.1) is 11.2 Å². The summed E-state index contributed by atoms with van der Waals surface area (Å²) in [5, 5.41) is 1.33. The minimum absolute atomic E-state index is 0.314. The zero-order chi connectivity index (χ0) is 29.0. The first-order valence-corrected chi connectivity index (χ1v) is 15.4. The molecule has 2 heteroatoms. The van der Waals surface area contributed by atoms with Gasteiger partial charge in [0, 0.05) is 34.1 Å². The molecule has 0 radical (unpaired) electrons. The normalized spacial score (nSPS) is 15.0. The van der Waals surface area contributed by atoms with Crippen LogP contribution in [0.4, 0.5) is 11.4 Å². The van der Waals surface area contributed by atoms with Crippen molar-refractivity contribution in [2.75, 3.05) is 4.90 Å². The molecule has 0 saturated heterocycles. The fraction of sp³-hybridized carbons (Fsp3) is 0.0476. The van der Waals surface area contributed by atoms with Gasteiger partial charge in [-0.05, 0) is 88.3 Å². The average Bonchev–Trinajstić information content (AvgIpc) is 3.60. The molecule has 2 heterocycles. The van der Waals surface area contributed by atoms with Crippen molar-refractivity contribution >= 4 is 28.4 Å². The average molecular weight is 563 g/mol. The maximum atomic E-state index is 2.50. The molecule has 2 aliphatic rings. The summed E-state index contributed by atoms with van der Waals surface area (Å²) in [4.78, 5) is 2.47. The largest absolute Gasteiger partial charge is 0.313 e. The highest BCUT2D eigenvalue weighted by molar-refractivity contribution is 5.94. The summed E-state index contributed by atoms with van der Waals surface area (Å²) in [6, 6.07) is 57.2. The molecule has 7 aromatic rings. The van der Waals surface area contributed by atoms with E-state index in [1.165, 1.54) is 72.7 Å². The summed E-state index contributed by atoms with van der Waals surface area (Å²) in [6.07, 6.45) is 3.44. The zero-order valence-electron chi connectivity index (χ0n) is 24.3. The number of fused-ring (bicyclic) bond motifs is 6. The van der Waals surface area contributed by atoms with E-state index in [1.54, 1.807) is 0 Å². The van der Waals surface area contributed by atoms with Crippen LogP contribution in [0, 0.1) is 0 Å². The van der Waals surface area contributed by atoms with Crippen molar-refractivity contribution in [1.82, 2.24) is 4.57 Å². The molecule has 0 N–H and O–H groups in total. The Kier molecular flexibility index (Phi) is 5.67. The van der Waals surface area contributed by atoms with E-state index in [-0.39, 0.29) is 0 Å². The lowest BCUT2D eigenvalue weighted by molar-refractivity contribution is 0.796. The Labute approximate surface area is 257 Å². The van der Waals surface area contributed by atoms with Crippen molar-refractivity contribution in [2.45, 2.75) is 12.3 Å². The van der Waals surface area contributed by atoms with Gasteiger partial charge in [0.25, 0.3) is 0 Å². The van der Waals surface area contributed by atoms with Crippen molar-refractivity contribution < 1.29 is 0 Å². The molecule has 1 atom stereocenters. The summed E-state index contributed by atoms with van der Waals surface area (Å²) in [5.41, 5.74) is 15.2. The topological polar surface area (TPSA) is 8.17 Å². The van der Waals surface area contributed by atoms with Crippen molar-refractivity contribution in [3.05, 3.63) is 180 Å². The van der Waals surface area contributed by atoms with Crippen LogP contribution in [0.5, 0.6) is 0 Å². The number of aromatic nitrogens is 1. The molecule has 2 nitrogen and oxygen atoms in total. The van der Waals surface area contributed by atoms with Crippen LogP contribution in [0.25, 0.3) is 44.9 Å². The fourth-order valence-corrected chi connectivity index (χ4v) is 7.33. The number of para-hydroxylation sites is 3. The van der Waals surface area contributed by atoms with Crippen LogP contribution < -0.4 is 4.90 Å². The van der Waals surface area contributed by atoms with E-state index in [0.717, 1.165) is 6.42 Å². The van der Waals surface area contributed by atoms with Crippen molar-refractivity contribution in [3.8, 4) is 27.9 Å². The first-order valence-electron chi connectivity index (χ1n) is 15.4. The van der Waals surface area contributed by atoms with Gasteiger partial charge in [-0.15, -0.1) is 0 Å². The Morgan fingerprint density at radius 3 is 1.80 bits per heavy atom. The maximum absolute atomic E-state index is 2.50. The SMILES string of the molecule is C1=C2C(Cc3c1n(-c1cc(-c4ccccc4)cc(-c4ccccc4)c1)c1ccccc31)c1ccccc1N2c1ccccc1. The molecule has 1 aliphatic carbocycles. The lowest BCUT2D eigenvalue weighted by Crippen LogP contribution is -2.18. The number of hydrogen-bond acceptors (Lipinski definition) is 1. The molecule has 208 valence electrons. The molecule has 6 aromatic carbocycles. The van der Waals surface area contributed by atoms with Crippen LogP contribution in [0.1, 0.15) is 22.7 Å². The Bertz CT molecular complexity index is 2130. The third-order valence-electron chi connectivity index (χ3n) is 9.29. The van der Waals surface area contributed by atoms with Crippen LogP contribution in [0.2, 0.25) is 0 Å². The van der Waals surface area contributed by atoms with Gasteiger partial charge in [0.1, 0.15) is 0 Å². The minimum Gasteiger partial charge on any atom is -0.313 e. The molecule has 1 aliphatic heterocycles. The smallest absolute Gasteiger partial charge is 0.0537 e. The third kappa shape index (κ3) is 3.88. The zero-order valence-corrected chi connectivity index (χ0v) is 24.3. The highest BCUT2D eigenvalue weighted by Gasteiger charge is 2.38. The van der Waals surface area contributed by atoms with Gasteiger partial charge in [-0.3, -0.25) is 0 Å². The maximum Gasteiger partial charge on any atom is 0.0537 e. The Hall–Kier alpha value is -5.60. The second-order valence-corrected chi connectivity index (χ2v) is 11.8. The highest BCUT2D eigenvalue weighted by Crippen LogP contribution is 2.53. The van der Waals surface area contributed by atoms with Crippen molar-refractivity contribution in [3.63, 3.8) is 0 Å². The van der Waals surface area contributed by atoms with Crippen molar-refractivity contribution in [2.24, 2.45) is 0 Å². The van der Waals surface area contributed by atoms with Gasteiger partial charge < -0.3 is 9.47 Å². The van der Waals surface area contributed by atoms with Gasteiger partial charge in [0.2, 0.25) is 0 Å². The van der Waals surface area contributed by atoms with E-state index in [9.17, 15) is 0 Å². The Balaban J connectivity index is 1.31. The summed E-state index contributed by atoms with van der Waals surface area (Å²) < 4.78 is 2.50. The fourth-order valence-electron chi connectivity index (χ4n) is 7.33. The number of anilines is 2. The quantitative estimate of drug-likeness (QED) is 0.207. The predicted molar refractivity (Wildman–Crippen MR) is 184 cm³/mol. The van der Waals surface area contributed by atoms with Crippen LogP contribution >= 0.6 is 0 Å². The number of rotatable bonds is 4. The van der Waals surface area contributed by atoms with E-state index in [2.05, 4.69) is 173 Å². The molecular weight excluding hydrogens is 532 g/mol. The number of nitrogens with zero attached hydrogens (tertiary/aromatic N) is 2. The Morgan fingerprint density at radius 1 is 0.500 bits per heavy atom. The number of hydrogen-bond donors (Lipinski definition) is 0. The van der Waals surface area contributed by atoms with Gasteiger partial charge >= 0.3 is 0 Å². The van der Waals surface area contributed by atoms with Crippen LogP contribution in [0.15, 0.2) is 163 Å². The standard InChI is InChI=1S/C42H30N2/c1-4-14-29(15-5-1)31-24-32(30-16-6-2-7-17-30)26-34(25-31)44-40-23-13-11-21-36(40)38-27-37-35-20-10-12-22-39(35)43(41(37)28-42(38)44)33-18-8-3-9-19-33/h1-26,28,37H,27H2. The van der Waals surface area contributed by atoms with E-state index in [1.807, 2.05) is 0 Å². The number of allylic oxidation sites excluding steroid dienone is 1. The molecule has 9 rings (SSSR count). The van der Waals surface area contributed by atoms with Gasteiger partial charge in [-0.2, -0.15) is 0 Å². The van der Waals surface area contributed by atoms with Crippen LogP contribution in [-0.2, 0) is 6.42 Å².